The van der Waals surface area contributed by atoms with Crippen molar-refractivity contribution in [2.45, 2.75) is 12.2 Å². The number of aliphatic hydroxyl groups excluding tert-OH is 2. The lowest BCUT2D eigenvalue weighted by molar-refractivity contribution is -0.139. The molecule has 5 heteroatoms. The van der Waals surface area contributed by atoms with Crippen LogP contribution in [-0.4, -0.2) is 46.2 Å². The van der Waals surface area contributed by atoms with Crippen molar-refractivity contribution in [3.63, 3.8) is 0 Å². The summed E-state index contributed by atoms with van der Waals surface area (Å²) < 4.78 is 0. The van der Waals surface area contributed by atoms with Gasteiger partial charge in [-0.2, -0.15) is 0 Å². The number of nitrogens with zero attached hydrogens (tertiary/aromatic N) is 1. The fourth-order valence-corrected chi connectivity index (χ4v) is 0.776. The van der Waals surface area contributed by atoms with Crippen LogP contribution in [0.5, 0.6) is 0 Å². The quantitative estimate of drug-likeness (QED) is 0.376. The second kappa shape index (κ2) is 2.03. The first-order chi connectivity index (χ1) is 4.55. The third kappa shape index (κ3) is 0.714. The highest BCUT2D eigenvalue weighted by Crippen LogP contribution is 2.10. The topological polar surface area (TPSA) is 77.8 Å². The Morgan fingerprint density at radius 3 is 1.60 bits per heavy atom. The zero-order valence-corrected chi connectivity index (χ0v) is 5.31. The second-order valence-electron chi connectivity index (χ2n) is 2.13. The van der Waals surface area contributed by atoms with Gasteiger partial charge in [0.15, 0.2) is 12.2 Å². The molecule has 0 aromatic rings. The third-order valence-electron chi connectivity index (χ3n) is 1.47. The first kappa shape index (κ1) is 7.17. The standard InChI is InChI=1S/C5H7NO4/c1-6-4(9)2(7)3(8)5(6)10/h2-3,7-8H,1H3. The largest absolute Gasteiger partial charge is 0.380 e. The van der Waals surface area contributed by atoms with Crippen LogP contribution in [0.3, 0.4) is 0 Å². The summed E-state index contributed by atoms with van der Waals surface area (Å²) in [5.41, 5.74) is 0. The molecule has 1 aliphatic heterocycles. The van der Waals surface area contributed by atoms with Gasteiger partial charge >= 0.3 is 0 Å². The van der Waals surface area contributed by atoms with Crippen LogP contribution in [0.4, 0.5) is 0 Å². The number of carbonyl (C=O) groups excluding carboxylic acids is 2. The van der Waals surface area contributed by atoms with Crippen molar-refractivity contribution in [2.75, 3.05) is 7.05 Å². The van der Waals surface area contributed by atoms with Crippen LogP contribution in [0.15, 0.2) is 0 Å². The van der Waals surface area contributed by atoms with Gasteiger partial charge < -0.3 is 10.2 Å². The van der Waals surface area contributed by atoms with Gasteiger partial charge in [-0.25, -0.2) is 0 Å². The summed E-state index contributed by atoms with van der Waals surface area (Å²) in [7, 11) is 1.21. The summed E-state index contributed by atoms with van der Waals surface area (Å²) >= 11 is 0. The van der Waals surface area contributed by atoms with E-state index in [0.717, 1.165) is 0 Å². The lowest BCUT2D eigenvalue weighted by Gasteiger charge is -2.02. The molecule has 2 amide bonds. The van der Waals surface area contributed by atoms with Crippen molar-refractivity contribution in [1.29, 1.82) is 0 Å². The molecule has 0 aromatic carbocycles. The Morgan fingerprint density at radius 2 is 1.50 bits per heavy atom. The van der Waals surface area contributed by atoms with Gasteiger partial charge in [0, 0.05) is 7.05 Å². The number of imide groups is 1. The lowest BCUT2D eigenvalue weighted by Crippen LogP contribution is -2.27. The molecule has 1 fully saturated rings. The van der Waals surface area contributed by atoms with E-state index >= 15 is 0 Å². The van der Waals surface area contributed by atoms with Crippen LogP contribution in [0.25, 0.3) is 0 Å². The van der Waals surface area contributed by atoms with Crippen LogP contribution >= 0.6 is 0 Å². The highest BCUT2D eigenvalue weighted by Gasteiger charge is 2.43. The first-order valence-electron chi connectivity index (χ1n) is 2.73. The molecule has 1 saturated heterocycles. The average Bonchev–Trinajstić information content (AvgIpc) is 2.07. The van der Waals surface area contributed by atoms with Crippen molar-refractivity contribution >= 4 is 11.8 Å². The minimum Gasteiger partial charge on any atom is -0.380 e. The molecule has 10 heavy (non-hydrogen) atoms. The number of likely N-dealkylation sites (N-methyl/N-ethyl adjacent to an activating group) is 1. The second-order valence-corrected chi connectivity index (χ2v) is 2.13. The summed E-state index contributed by atoms with van der Waals surface area (Å²) in [6, 6.07) is 0. The predicted octanol–water partition coefficient (Wildman–Crippen LogP) is -2.29. The van der Waals surface area contributed by atoms with E-state index in [2.05, 4.69) is 0 Å². The molecule has 56 valence electrons. The van der Waals surface area contributed by atoms with Gasteiger partial charge in [-0.3, -0.25) is 14.5 Å². The van der Waals surface area contributed by atoms with Crippen LogP contribution in [0, 0.1) is 0 Å². The molecule has 1 aliphatic rings. The van der Waals surface area contributed by atoms with Gasteiger partial charge in [0.25, 0.3) is 11.8 Å². The van der Waals surface area contributed by atoms with E-state index in [-0.39, 0.29) is 0 Å². The van der Waals surface area contributed by atoms with Crippen molar-refractivity contribution in [1.82, 2.24) is 4.90 Å². The molecule has 0 aromatic heterocycles. The maximum absolute atomic E-state index is 10.6. The smallest absolute Gasteiger partial charge is 0.261 e. The van der Waals surface area contributed by atoms with Crippen molar-refractivity contribution < 1.29 is 19.8 Å². The molecular formula is C5H7NO4. The van der Waals surface area contributed by atoms with Crippen LogP contribution in [0.1, 0.15) is 0 Å². The lowest BCUT2D eigenvalue weighted by atomic mass is 10.2. The Morgan fingerprint density at radius 1 is 1.20 bits per heavy atom. The van der Waals surface area contributed by atoms with Gasteiger partial charge in [0.1, 0.15) is 0 Å². The molecule has 2 N–H and O–H groups in total. The Balaban J connectivity index is 2.89. The fraction of sp³-hybridized carbons (Fsp3) is 0.600. The minimum absolute atomic E-state index is 0.704. The monoisotopic (exact) mass is 145 g/mol. The summed E-state index contributed by atoms with van der Waals surface area (Å²) in [5, 5.41) is 17.5. The molecule has 0 radical (unpaired) electrons. The van der Waals surface area contributed by atoms with Crippen molar-refractivity contribution in [2.24, 2.45) is 0 Å². The number of hydrogen-bond donors (Lipinski definition) is 2. The number of carbonyl (C=O) groups is 2. The molecule has 5 nitrogen and oxygen atoms in total. The van der Waals surface area contributed by atoms with E-state index < -0.39 is 24.0 Å². The molecule has 0 spiro atoms. The Labute approximate surface area is 56.9 Å². The fourth-order valence-electron chi connectivity index (χ4n) is 0.776. The Bertz CT molecular complexity index is 170. The average molecular weight is 145 g/mol. The van der Waals surface area contributed by atoms with Gasteiger partial charge in [-0.1, -0.05) is 0 Å². The van der Waals surface area contributed by atoms with E-state index in [1.165, 1.54) is 7.05 Å². The maximum Gasteiger partial charge on any atom is 0.261 e. The first-order valence-corrected chi connectivity index (χ1v) is 2.73. The van der Waals surface area contributed by atoms with E-state index in [0.29, 0.717) is 4.90 Å². The summed E-state index contributed by atoms with van der Waals surface area (Å²) in [6.45, 7) is 0. The number of aliphatic hydroxyl groups is 2. The van der Waals surface area contributed by atoms with Crippen molar-refractivity contribution in [3.05, 3.63) is 0 Å². The van der Waals surface area contributed by atoms with Crippen LogP contribution in [-0.2, 0) is 9.59 Å². The summed E-state index contributed by atoms with van der Waals surface area (Å²) in [6.07, 6.45) is -3.14. The summed E-state index contributed by atoms with van der Waals surface area (Å²) in [5.74, 6) is -1.50. The SMILES string of the molecule is CN1C(=O)C(O)C(O)C1=O. The molecule has 2 unspecified atom stereocenters. The summed E-state index contributed by atoms with van der Waals surface area (Å²) in [4.78, 5) is 21.9. The highest BCUT2D eigenvalue weighted by atomic mass is 16.4. The van der Waals surface area contributed by atoms with Gasteiger partial charge in [-0.05, 0) is 0 Å². The number of hydrogen-bond acceptors (Lipinski definition) is 4. The molecule has 0 aliphatic carbocycles. The van der Waals surface area contributed by atoms with Crippen LogP contribution in [0.2, 0.25) is 0 Å². The zero-order valence-electron chi connectivity index (χ0n) is 5.31. The maximum atomic E-state index is 10.6. The molecule has 2 atom stereocenters. The van der Waals surface area contributed by atoms with E-state index in [9.17, 15) is 9.59 Å². The third-order valence-corrected chi connectivity index (χ3v) is 1.47. The molecule has 0 bridgehead atoms. The molecule has 0 saturated carbocycles. The molecule has 1 heterocycles. The van der Waals surface area contributed by atoms with Gasteiger partial charge in [-0.15, -0.1) is 0 Å². The van der Waals surface area contributed by atoms with Crippen molar-refractivity contribution in [3.8, 4) is 0 Å². The van der Waals surface area contributed by atoms with E-state index in [1.807, 2.05) is 0 Å². The molecule has 1 rings (SSSR count). The predicted molar refractivity (Wildman–Crippen MR) is 29.8 cm³/mol. The normalized spacial score (nSPS) is 33.7. The van der Waals surface area contributed by atoms with Gasteiger partial charge in [0.05, 0.1) is 0 Å². The zero-order chi connectivity index (χ0) is 7.89. The number of amides is 2. The van der Waals surface area contributed by atoms with E-state index in [1.54, 1.807) is 0 Å². The number of likely N-dealkylation sites (tertiary alicyclic amines) is 1. The highest BCUT2D eigenvalue weighted by molar-refractivity contribution is 6.07. The molecular weight excluding hydrogens is 138 g/mol. The van der Waals surface area contributed by atoms with Gasteiger partial charge in [0.2, 0.25) is 0 Å². The van der Waals surface area contributed by atoms with Crippen LogP contribution < -0.4 is 0 Å². The van der Waals surface area contributed by atoms with E-state index in [4.69, 9.17) is 10.2 Å². The Hall–Kier alpha value is -0.940. The minimum atomic E-state index is -1.57. The number of rotatable bonds is 0. The Kier molecular flexibility index (Phi) is 1.46.